The van der Waals surface area contributed by atoms with Gasteiger partial charge in [-0.05, 0) is 45.4 Å². The summed E-state index contributed by atoms with van der Waals surface area (Å²) in [5, 5.41) is 11.2. The molecule has 2 rings (SSSR count). The van der Waals surface area contributed by atoms with Gasteiger partial charge in [0.2, 0.25) is 0 Å². The summed E-state index contributed by atoms with van der Waals surface area (Å²) in [6.45, 7) is 9.29. The largest absolute Gasteiger partial charge is 0.465 e. The van der Waals surface area contributed by atoms with E-state index in [4.69, 9.17) is 14.9 Å². The fourth-order valence-corrected chi connectivity index (χ4v) is 2.68. The number of hydrogen-bond acceptors (Lipinski definition) is 6. The zero-order valence-electron chi connectivity index (χ0n) is 16.0. The van der Waals surface area contributed by atoms with Crippen LogP contribution in [0, 0.1) is 11.3 Å². The number of carbonyl (C=O) groups excluding carboxylic acids is 2. The molecule has 7 heteroatoms. The number of likely N-dealkylation sites (tertiary alicyclic amines) is 1. The number of nitrogens with one attached hydrogen (secondary N) is 2. The fourth-order valence-electron chi connectivity index (χ4n) is 2.68. The Hall–Kier alpha value is -2.57. The average molecular weight is 361 g/mol. The summed E-state index contributed by atoms with van der Waals surface area (Å²) in [6, 6.07) is 0. The predicted molar refractivity (Wildman–Crippen MR) is 99.0 cm³/mol. The van der Waals surface area contributed by atoms with Crippen molar-refractivity contribution in [1.82, 2.24) is 10.2 Å². The molecule has 1 saturated heterocycles. The summed E-state index contributed by atoms with van der Waals surface area (Å²) >= 11 is 0. The van der Waals surface area contributed by atoms with Crippen molar-refractivity contribution in [2.45, 2.75) is 33.3 Å². The standard InChI is InChI=1S/C19H27N3O4/c1-12-6-16(20)14(7-15(12)17(23)25-5)9-21-8-13-10-22(11-13)18(24)26-19(2,3)4/h6-7,9,13,20-21H,8,10-11H2,1-5H3/b14-9-,20-16?. The van der Waals surface area contributed by atoms with Crippen LogP contribution in [0.3, 0.4) is 0 Å². The number of esters is 1. The third kappa shape index (κ3) is 4.97. The summed E-state index contributed by atoms with van der Waals surface area (Å²) in [6.07, 6.45) is 4.74. The van der Waals surface area contributed by atoms with E-state index in [2.05, 4.69) is 5.32 Å². The van der Waals surface area contributed by atoms with E-state index in [0.717, 1.165) is 0 Å². The van der Waals surface area contributed by atoms with Gasteiger partial charge in [-0.3, -0.25) is 0 Å². The summed E-state index contributed by atoms with van der Waals surface area (Å²) < 4.78 is 10.1. The first kappa shape index (κ1) is 19.8. The summed E-state index contributed by atoms with van der Waals surface area (Å²) in [4.78, 5) is 25.3. The molecule has 0 radical (unpaired) electrons. The number of methoxy groups -OCH3 is 1. The summed E-state index contributed by atoms with van der Waals surface area (Å²) in [5.41, 5.74) is 1.65. The van der Waals surface area contributed by atoms with Gasteiger partial charge in [0.1, 0.15) is 5.60 Å². The highest BCUT2D eigenvalue weighted by molar-refractivity contribution is 6.13. The third-order valence-corrected chi connectivity index (χ3v) is 4.07. The second-order valence-electron chi connectivity index (χ2n) is 7.55. The normalized spacial score (nSPS) is 19.5. The minimum absolute atomic E-state index is 0.285. The van der Waals surface area contributed by atoms with Crippen LogP contribution in [0.25, 0.3) is 0 Å². The van der Waals surface area contributed by atoms with E-state index in [-0.39, 0.29) is 6.09 Å². The van der Waals surface area contributed by atoms with E-state index in [1.54, 1.807) is 30.2 Å². The van der Waals surface area contributed by atoms with Crippen molar-refractivity contribution >= 4 is 17.8 Å². The van der Waals surface area contributed by atoms with Gasteiger partial charge < -0.3 is 25.1 Å². The zero-order valence-corrected chi connectivity index (χ0v) is 16.0. The molecule has 2 N–H and O–H groups in total. The molecule has 0 bridgehead atoms. The Morgan fingerprint density at radius 1 is 1.35 bits per heavy atom. The van der Waals surface area contributed by atoms with Crippen molar-refractivity contribution in [2.24, 2.45) is 5.92 Å². The molecule has 1 heterocycles. The highest BCUT2D eigenvalue weighted by atomic mass is 16.6. The monoisotopic (exact) mass is 361 g/mol. The Bertz CT molecular complexity index is 692. The highest BCUT2D eigenvalue weighted by Crippen LogP contribution is 2.22. The van der Waals surface area contributed by atoms with Crippen LogP contribution in [0.1, 0.15) is 27.7 Å². The number of nitrogens with zero attached hydrogens (tertiary/aromatic N) is 1. The SMILES string of the molecule is COC(=O)C1=C/C(=C/NCC2CN(C(=O)OC(C)(C)C)C2)C(=N)C=C1C. The minimum Gasteiger partial charge on any atom is -0.465 e. The smallest absolute Gasteiger partial charge is 0.410 e. The van der Waals surface area contributed by atoms with E-state index < -0.39 is 11.6 Å². The van der Waals surface area contributed by atoms with E-state index in [1.165, 1.54) is 7.11 Å². The van der Waals surface area contributed by atoms with Crippen LogP contribution in [0.4, 0.5) is 4.79 Å². The molecule has 0 aromatic carbocycles. The van der Waals surface area contributed by atoms with Gasteiger partial charge in [0.15, 0.2) is 0 Å². The number of rotatable bonds is 4. The van der Waals surface area contributed by atoms with Gasteiger partial charge in [0.05, 0.1) is 18.4 Å². The van der Waals surface area contributed by atoms with Gasteiger partial charge in [-0.2, -0.15) is 0 Å². The van der Waals surface area contributed by atoms with Crippen LogP contribution in [-0.2, 0) is 14.3 Å². The first-order valence-electron chi connectivity index (χ1n) is 8.60. The Balaban J connectivity index is 1.84. The molecule has 0 unspecified atom stereocenters. The van der Waals surface area contributed by atoms with Gasteiger partial charge in [-0.1, -0.05) is 0 Å². The quantitative estimate of drug-likeness (QED) is 0.750. The maximum atomic E-state index is 11.9. The lowest BCUT2D eigenvalue weighted by atomic mass is 9.94. The molecule has 0 aromatic rings. The number of amides is 1. The minimum atomic E-state index is -0.485. The Labute approximate surface area is 154 Å². The number of hydrogen-bond donors (Lipinski definition) is 2. The van der Waals surface area contributed by atoms with Gasteiger partial charge in [0, 0.05) is 37.3 Å². The molecule has 7 nitrogen and oxygen atoms in total. The molecule has 26 heavy (non-hydrogen) atoms. The Morgan fingerprint density at radius 3 is 2.58 bits per heavy atom. The van der Waals surface area contributed by atoms with Crippen molar-refractivity contribution in [3.8, 4) is 0 Å². The molecular weight excluding hydrogens is 334 g/mol. The molecule has 2 aliphatic rings. The van der Waals surface area contributed by atoms with E-state index in [9.17, 15) is 9.59 Å². The molecule has 1 amide bonds. The summed E-state index contributed by atoms with van der Waals surface area (Å²) in [7, 11) is 1.34. The molecule has 142 valence electrons. The van der Waals surface area contributed by atoms with Crippen LogP contribution in [-0.4, -0.2) is 55.0 Å². The first-order valence-corrected chi connectivity index (χ1v) is 8.60. The van der Waals surface area contributed by atoms with Gasteiger partial charge in [-0.25, -0.2) is 9.59 Å². The van der Waals surface area contributed by atoms with Crippen molar-refractivity contribution in [3.05, 3.63) is 35.1 Å². The average Bonchev–Trinajstić information content (AvgIpc) is 2.48. The van der Waals surface area contributed by atoms with Crippen molar-refractivity contribution in [3.63, 3.8) is 0 Å². The van der Waals surface area contributed by atoms with Crippen molar-refractivity contribution in [1.29, 1.82) is 5.41 Å². The topological polar surface area (TPSA) is 91.7 Å². The van der Waals surface area contributed by atoms with Crippen LogP contribution in [0.2, 0.25) is 0 Å². The molecule has 0 atom stereocenters. The second kappa shape index (κ2) is 7.76. The van der Waals surface area contributed by atoms with Crippen LogP contribution in [0.15, 0.2) is 35.1 Å². The molecule has 1 fully saturated rings. The van der Waals surface area contributed by atoms with Gasteiger partial charge in [0.25, 0.3) is 0 Å². The number of carbonyl (C=O) groups is 2. The fraction of sp³-hybridized carbons (Fsp3) is 0.526. The van der Waals surface area contributed by atoms with Crippen molar-refractivity contribution in [2.75, 3.05) is 26.7 Å². The molecule has 1 aliphatic carbocycles. The van der Waals surface area contributed by atoms with Crippen LogP contribution in [0.5, 0.6) is 0 Å². The molecule has 1 aliphatic heterocycles. The lowest BCUT2D eigenvalue weighted by Crippen LogP contribution is -2.54. The maximum Gasteiger partial charge on any atom is 0.410 e. The molecule has 0 saturated carbocycles. The third-order valence-electron chi connectivity index (χ3n) is 4.07. The van der Waals surface area contributed by atoms with Crippen LogP contribution >= 0.6 is 0 Å². The maximum absolute atomic E-state index is 11.9. The van der Waals surface area contributed by atoms with E-state index in [1.807, 2.05) is 20.8 Å². The molecule has 0 aromatic heterocycles. The van der Waals surface area contributed by atoms with Gasteiger partial charge in [-0.15, -0.1) is 0 Å². The number of ether oxygens (including phenoxy) is 2. The first-order chi connectivity index (χ1) is 12.1. The lowest BCUT2D eigenvalue weighted by Gasteiger charge is -2.39. The van der Waals surface area contributed by atoms with Crippen molar-refractivity contribution < 1.29 is 19.1 Å². The lowest BCUT2D eigenvalue weighted by molar-refractivity contribution is -0.135. The zero-order chi connectivity index (χ0) is 19.5. The predicted octanol–water partition coefficient (Wildman–Crippen LogP) is 2.41. The van der Waals surface area contributed by atoms with Gasteiger partial charge >= 0.3 is 12.1 Å². The Morgan fingerprint density at radius 2 is 2.00 bits per heavy atom. The van der Waals surface area contributed by atoms with Crippen LogP contribution < -0.4 is 5.32 Å². The molecular formula is C19H27N3O4. The molecule has 0 spiro atoms. The highest BCUT2D eigenvalue weighted by Gasteiger charge is 2.33. The second-order valence-corrected chi connectivity index (χ2v) is 7.55. The number of allylic oxidation sites excluding steroid dienone is 3. The Kier molecular flexibility index (Phi) is 5.90. The summed E-state index contributed by atoms with van der Waals surface area (Å²) in [5.74, 6) is -0.0809. The van der Waals surface area contributed by atoms with E-state index >= 15 is 0 Å². The van der Waals surface area contributed by atoms with E-state index in [0.29, 0.717) is 48.0 Å².